The molecule has 1 N–H and O–H groups in total. The van der Waals surface area contributed by atoms with E-state index in [9.17, 15) is 4.79 Å². The lowest BCUT2D eigenvalue weighted by atomic mass is 10.1. The van der Waals surface area contributed by atoms with E-state index in [0.29, 0.717) is 0 Å². The fourth-order valence-electron chi connectivity index (χ4n) is 2.34. The maximum absolute atomic E-state index is 11.5. The van der Waals surface area contributed by atoms with Crippen molar-refractivity contribution in [2.75, 3.05) is 6.54 Å². The molecule has 2 rings (SSSR count). The van der Waals surface area contributed by atoms with Crippen molar-refractivity contribution < 1.29 is 4.79 Å². The summed E-state index contributed by atoms with van der Waals surface area (Å²) < 4.78 is 0. The highest BCUT2D eigenvalue weighted by atomic mass is 16.2. The zero-order valence-electron chi connectivity index (χ0n) is 7.76. The summed E-state index contributed by atoms with van der Waals surface area (Å²) in [5.74, 6) is 0.233. The number of fused-ring (bicyclic) bond motifs is 1. The van der Waals surface area contributed by atoms with E-state index in [2.05, 4.69) is 24.1 Å². The zero-order valence-corrected chi connectivity index (χ0v) is 7.76. The van der Waals surface area contributed by atoms with Gasteiger partial charge in [-0.25, -0.2) is 0 Å². The summed E-state index contributed by atoms with van der Waals surface area (Å²) in [6.07, 6.45) is 3.21. The lowest BCUT2D eigenvalue weighted by Crippen LogP contribution is -2.48. The van der Waals surface area contributed by atoms with Gasteiger partial charge in [0.2, 0.25) is 5.91 Å². The molecule has 0 saturated carbocycles. The Morgan fingerprint density at radius 1 is 1.75 bits per heavy atom. The minimum absolute atomic E-state index is 0.0573. The predicted molar refractivity (Wildman–Crippen MR) is 46.6 cm³/mol. The molecule has 0 radical (unpaired) electrons. The Morgan fingerprint density at radius 3 is 3.17 bits per heavy atom. The first kappa shape index (κ1) is 8.05. The Balaban J connectivity index is 2.25. The molecule has 2 fully saturated rings. The van der Waals surface area contributed by atoms with Crippen LogP contribution >= 0.6 is 0 Å². The first-order valence-corrected chi connectivity index (χ1v) is 4.76. The van der Waals surface area contributed by atoms with Gasteiger partial charge in [0.1, 0.15) is 0 Å². The number of hydrogen-bond acceptors (Lipinski definition) is 2. The number of nitrogens with zero attached hydrogens (tertiary/aromatic N) is 1. The summed E-state index contributed by atoms with van der Waals surface area (Å²) in [6.45, 7) is 5.32. The van der Waals surface area contributed by atoms with Crippen LogP contribution < -0.4 is 5.32 Å². The molecule has 3 nitrogen and oxygen atoms in total. The van der Waals surface area contributed by atoms with Crippen LogP contribution in [0.4, 0.5) is 0 Å². The Kier molecular flexibility index (Phi) is 1.65. The van der Waals surface area contributed by atoms with Crippen molar-refractivity contribution in [2.24, 2.45) is 0 Å². The van der Waals surface area contributed by atoms with E-state index < -0.39 is 0 Å². The minimum atomic E-state index is -0.0573. The second kappa shape index (κ2) is 2.46. The van der Waals surface area contributed by atoms with Crippen molar-refractivity contribution in [2.45, 2.75) is 44.8 Å². The maximum Gasteiger partial charge on any atom is 0.238 e. The number of hydrogen-bond donors (Lipinski definition) is 1. The first-order valence-electron chi connectivity index (χ1n) is 4.76. The third-order valence-electron chi connectivity index (χ3n) is 3.27. The molecule has 12 heavy (non-hydrogen) atoms. The molecule has 0 aliphatic carbocycles. The lowest BCUT2D eigenvalue weighted by Gasteiger charge is -2.32. The summed E-state index contributed by atoms with van der Waals surface area (Å²) in [7, 11) is 0. The maximum atomic E-state index is 11.5. The average Bonchev–Trinajstić information content (AvgIpc) is 2.58. The monoisotopic (exact) mass is 168 g/mol. The topological polar surface area (TPSA) is 32.3 Å². The van der Waals surface area contributed by atoms with E-state index in [1.807, 2.05) is 0 Å². The molecule has 0 aromatic rings. The van der Waals surface area contributed by atoms with Gasteiger partial charge in [-0.1, -0.05) is 6.92 Å². The molecule has 0 bridgehead atoms. The molecule has 2 atom stereocenters. The van der Waals surface area contributed by atoms with Gasteiger partial charge in [0.15, 0.2) is 0 Å². The molecule has 1 amide bonds. The smallest absolute Gasteiger partial charge is 0.238 e. The third kappa shape index (κ3) is 0.891. The third-order valence-corrected chi connectivity index (χ3v) is 3.27. The van der Waals surface area contributed by atoms with Crippen LogP contribution in [0.15, 0.2) is 0 Å². The van der Waals surface area contributed by atoms with Crippen molar-refractivity contribution in [3.05, 3.63) is 0 Å². The van der Waals surface area contributed by atoms with Crippen molar-refractivity contribution in [1.29, 1.82) is 0 Å². The quantitative estimate of drug-likeness (QED) is 0.625. The normalized spacial score (nSPS) is 41.5. The van der Waals surface area contributed by atoms with E-state index in [4.69, 9.17) is 0 Å². The van der Waals surface area contributed by atoms with E-state index in [1.54, 1.807) is 0 Å². The molecule has 0 aromatic carbocycles. The zero-order chi connectivity index (χ0) is 8.77. The van der Waals surface area contributed by atoms with Gasteiger partial charge < -0.3 is 5.32 Å². The average molecular weight is 168 g/mol. The van der Waals surface area contributed by atoms with Crippen LogP contribution in [0.25, 0.3) is 0 Å². The van der Waals surface area contributed by atoms with Gasteiger partial charge in [-0.3, -0.25) is 9.69 Å². The highest BCUT2D eigenvalue weighted by Crippen LogP contribution is 2.32. The molecule has 2 unspecified atom stereocenters. The molecule has 2 saturated heterocycles. The van der Waals surface area contributed by atoms with Crippen LogP contribution in [0.5, 0.6) is 0 Å². The number of amides is 1. The first-order chi connectivity index (χ1) is 5.67. The van der Waals surface area contributed by atoms with Crippen LogP contribution in [-0.4, -0.2) is 29.1 Å². The Labute approximate surface area is 73.1 Å². The van der Waals surface area contributed by atoms with E-state index in [0.717, 1.165) is 19.4 Å². The molecule has 68 valence electrons. The van der Waals surface area contributed by atoms with Gasteiger partial charge in [0.25, 0.3) is 0 Å². The van der Waals surface area contributed by atoms with E-state index >= 15 is 0 Å². The molecular formula is C9H16N2O. The van der Waals surface area contributed by atoms with Gasteiger partial charge in [-0.05, 0) is 26.2 Å². The highest BCUT2D eigenvalue weighted by molar-refractivity contribution is 5.85. The van der Waals surface area contributed by atoms with Gasteiger partial charge >= 0.3 is 0 Å². The van der Waals surface area contributed by atoms with Crippen LogP contribution in [-0.2, 0) is 4.79 Å². The minimum Gasteiger partial charge on any atom is -0.337 e. The second-order valence-corrected chi connectivity index (χ2v) is 3.97. The van der Waals surface area contributed by atoms with Gasteiger partial charge in [0, 0.05) is 6.54 Å². The summed E-state index contributed by atoms with van der Waals surface area (Å²) in [6, 6.07) is 0.176. The highest BCUT2D eigenvalue weighted by Gasteiger charge is 2.48. The van der Waals surface area contributed by atoms with Crippen LogP contribution in [0.1, 0.15) is 33.1 Å². The standard InChI is InChI=1S/C9H16N2O/c1-3-9(2)10-8(12)7-5-4-6-11(7)9/h7H,3-6H2,1-2H3,(H,10,12). The van der Waals surface area contributed by atoms with Gasteiger partial charge in [-0.2, -0.15) is 0 Å². The van der Waals surface area contributed by atoms with Crippen molar-refractivity contribution in [1.82, 2.24) is 10.2 Å². The fourth-order valence-corrected chi connectivity index (χ4v) is 2.34. The molecule has 3 heteroatoms. The van der Waals surface area contributed by atoms with Gasteiger partial charge in [-0.15, -0.1) is 0 Å². The Morgan fingerprint density at radius 2 is 2.50 bits per heavy atom. The molecule has 2 heterocycles. The SMILES string of the molecule is CCC1(C)NC(=O)C2CCCN21. The molecule has 2 aliphatic heterocycles. The fraction of sp³-hybridized carbons (Fsp3) is 0.889. The van der Waals surface area contributed by atoms with Crippen molar-refractivity contribution in [3.63, 3.8) is 0 Å². The molecule has 0 aromatic heterocycles. The summed E-state index contributed by atoms with van der Waals surface area (Å²) in [4.78, 5) is 13.8. The van der Waals surface area contributed by atoms with Crippen LogP contribution in [0.2, 0.25) is 0 Å². The predicted octanol–water partition coefficient (Wildman–Crippen LogP) is 0.707. The van der Waals surface area contributed by atoms with Gasteiger partial charge in [0.05, 0.1) is 11.7 Å². The van der Waals surface area contributed by atoms with E-state index in [-0.39, 0.29) is 17.6 Å². The largest absolute Gasteiger partial charge is 0.337 e. The second-order valence-electron chi connectivity index (χ2n) is 3.97. The summed E-state index contributed by atoms with van der Waals surface area (Å²) >= 11 is 0. The van der Waals surface area contributed by atoms with Crippen molar-refractivity contribution >= 4 is 5.91 Å². The number of carbonyl (C=O) groups is 1. The Bertz CT molecular complexity index is 217. The van der Waals surface area contributed by atoms with Crippen LogP contribution in [0.3, 0.4) is 0 Å². The van der Waals surface area contributed by atoms with Crippen molar-refractivity contribution in [3.8, 4) is 0 Å². The van der Waals surface area contributed by atoms with E-state index in [1.165, 1.54) is 6.42 Å². The molecule has 2 aliphatic rings. The number of nitrogens with one attached hydrogen (secondary N) is 1. The number of carbonyl (C=O) groups excluding carboxylic acids is 1. The Hall–Kier alpha value is -0.570. The summed E-state index contributed by atoms with van der Waals surface area (Å²) in [5, 5.41) is 3.07. The number of rotatable bonds is 1. The van der Waals surface area contributed by atoms with Crippen LogP contribution in [0, 0.1) is 0 Å². The lowest BCUT2D eigenvalue weighted by molar-refractivity contribution is -0.121. The molecule has 0 spiro atoms. The summed E-state index contributed by atoms with van der Waals surface area (Å²) in [5.41, 5.74) is -0.0573. The molecular weight excluding hydrogens is 152 g/mol.